The van der Waals surface area contributed by atoms with Gasteiger partial charge in [0.1, 0.15) is 22.5 Å². The highest BCUT2D eigenvalue weighted by atomic mass is 27.3. The van der Waals surface area contributed by atoms with Gasteiger partial charge in [-0.3, -0.25) is 0 Å². The largest absolute Gasteiger partial charge is 0.743 e. The van der Waals surface area contributed by atoms with Crippen LogP contribution in [0.5, 0.6) is 11.5 Å². The Kier molecular flexibility index (Phi) is 2.81. The quantitative estimate of drug-likeness (QED) is 0.333. The molecular weight excluding hydrogens is 394 g/mol. The lowest BCUT2D eigenvalue weighted by Gasteiger charge is -2.13. The fraction of sp³-hybridized carbons (Fsp3) is 0.182. The summed E-state index contributed by atoms with van der Waals surface area (Å²) < 4.78 is 127. The van der Waals surface area contributed by atoms with Crippen molar-refractivity contribution in [2.45, 2.75) is 27.4 Å². The van der Waals surface area contributed by atoms with Crippen molar-refractivity contribution in [1.29, 1.82) is 0 Å². The Morgan fingerprint density at radius 2 is 1.31 bits per heavy atom. The van der Waals surface area contributed by atoms with Gasteiger partial charge in [-0.05, 0) is 62.8 Å². The number of hydrogen-bond donors (Lipinski definition) is 0. The fourth-order valence-electron chi connectivity index (χ4n) is 2.67. The third-order valence-electron chi connectivity index (χ3n) is 3.89. The second-order valence-electron chi connectivity index (χ2n) is 5.81. The predicted molar refractivity (Wildman–Crippen MR) is 116 cm³/mol. The lowest BCUT2D eigenvalue weighted by molar-refractivity contribution is 0.420. The molecule has 0 spiro atoms. The molecule has 29 heavy (non-hydrogen) atoms. The van der Waals surface area contributed by atoms with Crippen molar-refractivity contribution < 1.29 is 29.6 Å². The van der Waals surface area contributed by atoms with Crippen LogP contribution in [0.4, 0.5) is 0 Å². The summed E-state index contributed by atoms with van der Waals surface area (Å²) in [6.45, 7) is -10.9. The van der Waals surface area contributed by atoms with Gasteiger partial charge in [0.05, 0.1) is 2.74 Å². The van der Waals surface area contributed by atoms with Crippen molar-refractivity contribution in [3.8, 4) is 11.5 Å². The monoisotopic (exact) mass is 428 g/mol. The zero-order valence-corrected chi connectivity index (χ0v) is 17.0. The minimum Gasteiger partial charge on any atom is -0.626 e. The fourth-order valence-corrected chi connectivity index (χ4v) is 3.88. The van der Waals surface area contributed by atoms with Crippen LogP contribution in [0, 0.1) is 27.4 Å². The molecule has 0 aliphatic heterocycles. The van der Waals surface area contributed by atoms with Crippen molar-refractivity contribution in [3.63, 3.8) is 0 Å². The van der Waals surface area contributed by atoms with E-state index in [2.05, 4.69) is 9.97 Å². The number of nitrogens with zero attached hydrogens (tertiary/aromatic N) is 2. The standard InChI is InChI=1S/2C11H11NO.2Al.O/c2*1-7-6-8(2)12-11-9(7)4-3-5-10(11)13;;;/h2*3-6,13H,1-2H3;;;/q;;2*+1;/p-2/i2*1D3,2D3,4D;;;. The molecule has 142 valence electrons. The van der Waals surface area contributed by atoms with Crippen LogP contribution in [0.3, 0.4) is 0 Å². The molecular formula is C22H20Al2N2O3. The number of para-hydroxylation sites is 2. The summed E-state index contributed by atoms with van der Waals surface area (Å²) in [6.07, 6.45) is 0. The normalized spacial score (nSPS) is 19.7. The van der Waals surface area contributed by atoms with Gasteiger partial charge in [-0.25, -0.2) is 9.97 Å². The van der Waals surface area contributed by atoms with Crippen LogP contribution >= 0.6 is 0 Å². The minimum atomic E-state index is -2.73. The van der Waals surface area contributed by atoms with Gasteiger partial charge in [0, 0.05) is 38.6 Å². The van der Waals surface area contributed by atoms with E-state index in [0.717, 1.165) is 12.1 Å². The van der Waals surface area contributed by atoms with E-state index in [4.69, 9.17) is 29.6 Å². The molecule has 4 rings (SSSR count). The highest BCUT2D eigenvalue weighted by molar-refractivity contribution is 6.35. The van der Waals surface area contributed by atoms with Gasteiger partial charge in [-0.1, -0.05) is 24.2 Å². The van der Waals surface area contributed by atoms with E-state index in [1.54, 1.807) is 0 Å². The van der Waals surface area contributed by atoms with Gasteiger partial charge < -0.3 is 10.4 Å². The lowest BCUT2D eigenvalue weighted by atomic mass is 10.1. The summed E-state index contributed by atoms with van der Waals surface area (Å²) >= 11 is -2.69. The summed E-state index contributed by atoms with van der Waals surface area (Å²) in [7, 11) is 0. The molecule has 0 fully saturated rings. The van der Waals surface area contributed by atoms with E-state index in [0.29, 0.717) is 0 Å². The van der Waals surface area contributed by atoms with Crippen molar-refractivity contribution in [3.05, 3.63) is 71.0 Å². The van der Waals surface area contributed by atoms with Crippen molar-refractivity contribution in [2.24, 2.45) is 0 Å². The number of hydrogen-bond acceptors (Lipinski definition) is 5. The molecule has 4 aromatic rings. The van der Waals surface area contributed by atoms with Gasteiger partial charge in [-0.2, -0.15) is 0 Å². The number of rotatable bonds is 6. The maximum Gasteiger partial charge on any atom is 0.743 e. The Morgan fingerprint density at radius 1 is 0.793 bits per heavy atom. The van der Waals surface area contributed by atoms with Gasteiger partial charge in [0.25, 0.3) is 0 Å². The maximum absolute atomic E-state index is 8.22. The van der Waals surface area contributed by atoms with Gasteiger partial charge in [-0.15, -0.1) is 0 Å². The van der Waals surface area contributed by atoms with E-state index >= 15 is 0 Å². The molecule has 2 aromatic carbocycles. The lowest BCUT2D eigenvalue weighted by Crippen LogP contribution is -2.16. The van der Waals surface area contributed by atoms with Crippen LogP contribution in [0.2, 0.25) is 0 Å². The van der Waals surface area contributed by atoms with Crippen molar-refractivity contribution in [2.75, 3.05) is 0 Å². The highest BCUT2D eigenvalue weighted by Gasteiger charge is 2.13. The van der Waals surface area contributed by atoms with E-state index in [1.807, 2.05) is 0 Å². The molecule has 0 aliphatic carbocycles. The molecule has 2 heterocycles. The third kappa shape index (κ3) is 4.41. The molecule has 2 radical (unpaired) electrons. The van der Waals surface area contributed by atoms with Crippen LogP contribution in [0.25, 0.3) is 21.8 Å². The summed E-state index contributed by atoms with van der Waals surface area (Å²) in [4.78, 5) is 8.17. The van der Waals surface area contributed by atoms with Crippen molar-refractivity contribution >= 4 is 53.6 Å². The van der Waals surface area contributed by atoms with E-state index in [9.17, 15) is 0 Å². The average Bonchev–Trinajstić information content (AvgIpc) is 2.87. The predicted octanol–water partition coefficient (Wildman–Crippen LogP) is 4.56. The van der Waals surface area contributed by atoms with Crippen molar-refractivity contribution in [1.82, 2.24) is 9.97 Å². The SMILES string of the molecule is [2H]c1ccc([O][Al][O][Al][O]c2ccc([2H])c3c(C([2H])([2H])[2H])cc(C([2H])([2H])[2H])nc23)c2nc(C([2H])([2H])[2H])cc(C([2H])([2H])[2H])c12. The Morgan fingerprint density at radius 3 is 1.76 bits per heavy atom. The number of aryl methyl sites for hydroxylation is 4. The van der Waals surface area contributed by atoms with Crippen LogP contribution in [0.1, 0.15) is 41.7 Å². The van der Waals surface area contributed by atoms with Gasteiger partial charge in [0.2, 0.25) is 0 Å². The molecule has 2 aromatic heterocycles. The van der Waals surface area contributed by atoms with Gasteiger partial charge >= 0.3 is 31.8 Å². The van der Waals surface area contributed by atoms with Crippen LogP contribution in [0.15, 0.2) is 48.5 Å². The maximum atomic E-state index is 8.22. The molecule has 5 nitrogen and oxygen atoms in total. The Balaban J connectivity index is 1.61. The molecule has 0 saturated carbocycles. The first kappa shape index (κ1) is 9.35. The number of pyridine rings is 2. The van der Waals surface area contributed by atoms with E-state index in [1.165, 1.54) is 24.3 Å². The summed E-state index contributed by atoms with van der Waals surface area (Å²) in [6, 6.07) is 6.78. The van der Waals surface area contributed by atoms with Crippen LogP contribution < -0.4 is 7.58 Å². The third-order valence-corrected chi connectivity index (χ3v) is 5.48. The molecule has 0 N–H and O–H groups in total. The molecule has 0 saturated heterocycles. The summed E-state index contributed by atoms with van der Waals surface area (Å²) in [5.41, 5.74) is -1.92. The number of aromatic nitrogens is 2. The molecule has 0 atom stereocenters. The average molecular weight is 428 g/mol. The molecule has 0 unspecified atom stereocenters. The minimum absolute atomic E-state index is 0.00712. The first-order valence-corrected chi connectivity index (χ1v) is 10.1. The summed E-state index contributed by atoms with van der Waals surface area (Å²) in [5.74, 6) is -0.0142. The van der Waals surface area contributed by atoms with Crippen LogP contribution in [-0.2, 0) is 2.84 Å². The Bertz CT molecular complexity index is 1560. The molecule has 0 amide bonds. The zero-order chi connectivity index (χ0) is 32.1. The van der Waals surface area contributed by atoms with E-state index in [-0.39, 0.29) is 56.5 Å². The first-order valence-electron chi connectivity index (χ1n) is 15.2. The topological polar surface area (TPSA) is 53.5 Å². The van der Waals surface area contributed by atoms with E-state index < -0.39 is 70.6 Å². The molecule has 0 bridgehead atoms. The number of benzene rings is 2. The first-order chi connectivity index (χ1) is 19.7. The Labute approximate surface area is 203 Å². The number of fused-ring (bicyclic) bond motifs is 2. The summed E-state index contributed by atoms with van der Waals surface area (Å²) in [5, 5.41) is -0.173. The van der Waals surface area contributed by atoms with Crippen LogP contribution in [-0.4, -0.2) is 41.7 Å². The highest BCUT2D eigenvalue weighted by Crippen LogP contribution is 2.27. The second kappa shape index (κ2) is 8.72. The molecule has 0 aliphatic rings. The zero-order valence-electron chi connectivity index (χ0n) is 28.7. The Hall–Kier alpha value is -2.12. The smallest absolute Gasteiger partial charge is 0.626 e. The molecule has 7 heteroatoms. The van der Waals surface area contributed by atoms with Gasteiger partial charge in [0.15, 0.2) is 0 Å². The second-order valence-corrected chi connectivity index (χ2v) is 7.75.